The lowest BCUT2D eigenvalue weighted by atomic mass is 9.91. The average Bonchev–Trinajstić information content (AvgIpc) is 2.81. The summed E-state index contributed by atoms with van der Waals surface area (Å²) < 4.78 is 6.29. The Labute approximate surface area is 197 Å². The fraction of sp³-hybridized carbons (Fsp3) is 0.200. The van der Waals surface area contributed by atoms with Crippen LogP contribution in [0.3, 0.4) is 0 Å². The van der Waals surface area contributed by atoms with Crippen LogP contribution in [0.5, 0.6) is 0 Å². The zero-order valence-corrected chi connectivity index (χ0v) is 19.9. The van der Waals surface area contributed by atoms with E-state index in [9.17, 15) is 0 Å². The van der Waals surface area contributed by atoms with Crippen LogP contribution in [0.25, 0.3) is 22.3 Å². The van der Waals surface area contributed by atoms with E-state index < -0.39 is 0 Å². The fourth-order valence-corrected chi connectivity index (χ4v) is 4.61. The molecular formula is C30H32N2O. The van der Waals surface area contributed by atoms with Crippen molar-refractivity contribution >= 4 is 11.4 Å². The van der Waals surface area contributed by atoms with Gasteiger partial charge in [-0.05, 0) is 95.5 Å². The van der Waals surface area contributed by atoms with Crippen molar-refractivity contribution in [1.82, 2.24) is 0 Å². The lowest BCUT2D eigenvalue weighted by Gasteiger charge is -2.18. The average molecular weight is 437 g/mol. The number of aryl methyl sites for hydroxylation is 2. The first-order chi connectivity index (χ1) is 15.9. The smallest absolute Gasteiger partial charge is 0.0727 e. The highest BCUT2D eigenvalue weighted by Gasteiger charge is 2.14. The van der Waals surface area contributed by atoms with Crippen LogP contribution in [0.2, 0.25) is 0 Å². The van der Waals surface area contributed by atoms with E-state index in [0.29, 0.717) is 13.2 Å². The molecular weight excluding hydrogens is 404 g/mol. The molecule has 33 heavy (non-hydrogen) atoms. The third-order valence-electron chi connectivity index (χ3n) is 6.52. The number of hydrogen-bond donors (Lipinski definition) is 2. The second-order valence-corrected chi connectivity index (χ2v) is 8.75. The highest BCUT2D eigenvalue weighted by atomic mass is 16.5. The third-order valence-corrected chi connectivity index (χ3v) is 6.52. The third kappa shape index (κ3) is 4.50. The van der Waals surface area contributed by atoms with Gasteiger partial charge < -0.3 is 16.2 Å². The summed E-state index contributed by atoms with van der Waals surface area (Å²) in [5, 5.41) is 0. The van der Waals surface area contributed by atoms with E-state index in [2.05, 4.69) is 88.4 Å². The SMILES string of the molecule is Cc1ccc(N)c(C)c1-c1ccccc1COCc1ccccc1-c1c(C)ccc(N)c1C. The van der Waals surface area contributed by atoms with Gasteiger partial charge in [-0.15, -0.1) is 0 Å². The lowest BCUT2D eigenvalue weighted by molar-refractivity contribution is 0.108. The molecule has 4 N–H and O–H groups in total. The zero-order chi connectivity index (χ0) is 23.5. The van der Waals surface area contributed by atoms with Gasteiger partial charge in [-0.2, -0.15) is 0 Å². The van der Waals surface area contributed by atoms with Crippen LogP contribution >= 0.6 is 0 Å². The van der Waals surface area contributed by atoms with Gasteiger partial charge in [0.1, 0.15) is 0 Å². The topological polar surface area (TPSA) is 61.3 Å². The maximum atomic E-state index is 6.29. The minimum Gasteiger partial charge on any atom is -0.398 e. The minimum atomic E-state index is 0.521. The molecule has 0 aliphatic carbocycles. The quantitative estimate of drug-likeness (QED) is 0.316. The number of rotatable bonds is 6. The van der Waals surface area contributed by atoms with Crippen LogP contribution in [-0.4, -0.2) is 0 Å². The molecule has 4 aromatic carbocycles. The van der Waals surface area contributed by atoms with Crippen molar-refractivity contribution in [1.29, 1.82) is 0 Å². The Hall–Kier alpha value is -3.56. The Bertz CT molecular complexity index is 1210. The normalized spacial score (nSPS) is 11.0. The second kappa shape index (κ2) is 9.51. The summed E-state index contributed by atoms with van der Waals surface area (Å²) in [7, 11) is 0. The van der Waals surface area contributed by atoms with E-state index in [0.717, 1.165) is 33.6 Å². The maximum Gasteiger partial charge on any atom is 0.0727 e. The van der Waals surface area contributed by atoms with E-state index in [4.69, 9.17) is 16.2 Å². The molecule has 0 spiro atoms. The largest absolute Gasteiger partial charge is 0.398 e. The number of anilines is 2. The van der Waals surface area contributed by atoms with Crippen LogP contribution in [0.1, 0.15) is 33.4 Å². The molecule has 0 unspecified atom stereocenters. The first kappa shape index (κ1) is 22.6. The summed E-state index contributed by atoms with van der Waals surface area (Å²) in [6, 6.07) is 25.0. The van der Waals surface area contributed by atoms with Crippen molar-refractivity contribution < 1.29 is 4.74 Å². The first-order valence-corrected chi connectivity index (χ1v) is 11.3. The van der Waals surface area contributed by atoms with E-state index >= 15 is 0 Å². The van der Waals surface area contributed by atoms with E-state index in [1.54, 1.807) is 0 Å². The molecule has 0 fully saturated rings. The Morgan fingerprint density at radius 3 is 1.36 bits per heavy atom. The van der Waals surface area contributed by atoms with E-state index in [1.807, 2.05) is 12.1 Å². The molecule has 0 saturated heterocycles. The Morgan fingerprint density at radius 1 is 0.545 bits per heavy atom. The molecule has 0 atom stereocenters. The molecule has 3 nitrogen and oxygen atoms in total. The molecule has 0 aliphatic heterocycles. The predicted molar refractivity (Wildman–Crippen MR) is 140 cm³/mol. The number of benzene rings is 4. The highest BCUT2D eigenvalue weighted by Crippen LogP contribution is 2.35. The molecule has 0 amide bonds. The number of nitrogens with two attached hydrogens (primary N) is 2. The molecule has 0 heterocycles. The summed E-state index contributed by atoms with van der Waals surface area (Å²) >= 11 is 0. The summed E-state index contributed by atoms with van der Waals surface area (Å²) in [5.41, 5.74) is 25.8. The van der Waals surface area contributed by atoms with Gasteiger partial charge in [0.25, 0.3) is 0 Å². The van der Waals surface area contributed by atoms with Crippen molar-refractivity contribution in [2.75, 3.05) is 11.5 Å². The predicted octanol–water partition coefficient (Wildman–Crippen LogP) is 7.14. The van der Waals surface area contributed by atoms with Gasteiger partial charge in [0.2, 0.25) is 0 Å². The van der Waals surface area contributed by atoms with Gasteiger partial charge in [-0.3, -0.25) is 0 Å². The zero-order valence-electron chi connectivity index (χ0n) is 19.9. The van der Waals surface area contributed by atoms with Crippen molar-refractivity contribution in [2.45, 2.75) is 40.9 Å². The van der Waals surface area contributed by atoms with Gasteiger partial charge in [0.05, 0.1) is 13.2 Å². The van der Waals surface area contributed by atoms with Crippen LogP contribution in [0.4, 0.5) is 11.4 Å². The Kier molecular flexibility index (Phi) is 6.52. The number of nitrogen functional groups attached to an aromatic ring is 2. The van der Waals surface area contributed by atoms with Crippen molar-refractivity contribution in [2.24, 2.45) is 0 Å². The fourth-order valence-electron chi connectivity index (χ4n) is 4.61. The number of ether oxygens (including phenoxy) is 1. The minimum absolute atomic E-state index is 0.521. The lowest BCUT2D eigenvalue weighted by Crippen LogP contribution is -2.02. The van der Waals surface area contributed by atoms with Crippen molar-refractivity contribution in [3.05, 3.63) is 106 Å². The molecule has 0 aliphatic rings. The van der Waals surface area contributed by atoms with Crippen LogP contribution in [0.15, 0.2) is 72.8 Å². The van der Waals surface area contributed by atoms with Crippen LogP contribution in [0, 0.1) is 27.7 Å². The van der Waals surface area contributed by atoms with Gasteiger partial charge in [-0.1, -0.05) is 60.7 Å². The van der Waals surface area contributed by atoms with Crippen molar-refractivity contribution in [3.63, 3.8) is 0 Å². The molecule has 0 aromatic heterocycles. The molecule has 168 valence electrons. The maximum absolute atomic E-state index is 6.29. The van der Waals surface area contributed by atoms with Crippen molar-refractivity contribution in [3.8, 4) is 22.3 Å². The Morgan fingerprint density at radius 2 is 0.939 bits per heavy atom. The summed E-state index contributed by atoms with van der Waals surface area (Å²) in [5.74, 6) is 0. The van der Waals surface area contributed by atoms with Gasteiger partial charge >= 0.3 is 0 Å². The van der Waals surface area contributed by atoms with Crippen LogP contribution < -0.4 is 11.5 Å². The molecule has 0 radical (unpaired) electrons. The summed E-state index contributed by atoms with van der Waals surface area (Å²) in [6.45, 7) is 9.47. The second-order valence-electron chi connectivity index (χ2n) is 8.75. The summed E-state index contributed by atoms with van der Waals surface area (Å²) in [4.78, 5) is 0. The van der Waals surface area contributed by atoms with Gasteiger partial charge in [0.15, 0.2) is 0 Å². The molecule has 0 saturated carbocycles. The standard InChI is InChI=1S/C30H32N2O/c1-19-13-15-27(31)21(3)29(19)25-11-7-5-9-23(25)17-33-18-24-10-6-8-12-26(24)30-20(2)14-16-28(32)22(30)4/h5-16H,17-18,31-32H2,1-4H3. The van der Waals surface area contributed by atoms with E-state index in [-0.39, 0.29) is 0 Å². The van der Waals surface area contributed by atoms with Gasteiger partial charge in [0, 0.05) is 11.4 Å². The molecule has 4 rings (SSSR count). The highest BCUT2D eigenvalue weighted by molar-refractivity contribution is 5.79. The van der Waals surface area contributed by atoms with Crippen LogP contribution in [-0.2, 0) is 18.0 Å². The summed E-state index contributed by atoms with van der Waals surface area (Å²) in [6.07, 6.45) is 0. The Balaban J connectivity index is 1.62. The monoisotopic (exact) mass is 436 g/mol. The molecule has 4 aromatic rings. The molecule has 0 bridgehead atoms. The van der Waals surface area contributed by atoms with Gasteiger partial charge in [-0.25, -0.2) is 0 Å². The van der Waals surface area contributed by atoms with E-state index in [1.165, 1.54) is 33.4 Å². The molecule has 3 heteroatoms. The first-order valence-electron chi connectivity index (χ1n) is 11.3. The number of hydrogen-bond acceptors (Lipinski definition) is 3.